The zero-order valence-corrected chi connectivity index (χ0v) is 17.9. The van der Waals surface area contributed by atoms with Crippen LogP contribution in [0.1, 0.15) is 27.9 Å². The Balaban J connectivity index is 1.46. The molecule has 1 unspecified atom stereocenters. The van der Waals surface area contributed by atoms with Crippen molar-refractivity contribution in [1.82, 2.24) is 9.80 Å². The molecule has 0 spiro atoms. The lowest BCUT2D eigenvalue weighted by Crippen LogP contribution is -2.34. The highest BCUT2D eigenvalue weighted by Crippen LogP contribution is 2.25. The molecule has 3 aromatic rings. The Morgan fingerprint density at radius 2 is 1.70 bits per heavy atom. The minimum absolute atomic E-state index is 0.158. The zero-order chi connectivity index (χ0) is 20.9. The predicted octanol–water partition coefficient (Wildman–Crippen LogP) is 4.91. The average molecular weight is 399 g/mol. The molecule has 0 aromatic heterocycles. The van der Waals surface area contributed by atoms with Crippen LogP contribution in [-0.2, 0) is 12.8 Å². The minimum atomic E-state index is 0.158. The second-order valence-corrected chi connectivity index (χ2v) is 8.38. The number of likely N-dealkylation sites (tertiary alicyclic amines) is 1. The van der Waals surface area contributed by atoms with Crippen LogP contribution in [0, 0.1) is 0 Å². The lowest BCUT2D eigenvalue weighted by atomic mass is 9.95. The van der Waals surface area contributed by atoms with Crippen molar-refractivity contribution in [2.24, 2.45) is 0 Å². The number of carbonyl (C=O) groups is 1. The van der Waals surface area contributed by atoms with Crippen LogP contribution in [-0.4, -0.2) is 48.9 Å². The highest BCUT2D eigenvalue weighted by Gasteiger charge is 2.28. The molecule has 3 heteroatoms. The van der Waals surface area contributed by atoms with E-state index < -0.39 is 0 Å². The van der Waals surface area contributed by atoms with Crippen LogP contribution in [0.25, 0.3) is 11.1 Å². The van der Waals surface area contributed by atoms with E-state index in [1.54, 1.807) is 0 Å². The van der Waals surface area contributed by atoms with Gasteiger partial charge in [0, 0.05) is 24.7 Å². The van der Waals surface area contributed by atoms with Crippen molar-refractivity contribution in [2.75, 3.05) is 27.2 Å². The molecule has 1 amide bonds. The van der Waals surface area contributed by atoms with Crippen LogP contribution in [0.5, 0.6) is 0 Å². The number of aryl methyl sites for hydroxylation is 2. The Kier molecular flexibility index (Phi) is 6.29. The van der Waals surface area contributed by atoms with Crippen LogP contribution < -0.4 is 0 Å². The van der Waals surface area contributed by atoms with Gasteiger partial charge in [-0.1, -0.05) is 66.7 Å². The quantitative estimate of drug-likeness (QED) is 0.589. The number of carbonyl (C=O) groups excluding carboxylic acids is 1. The van der Waals surface area contributed by atoms with Crippen molar-refractivity contribution in [3.8, 4) is 11.1 Å². The van der Waals surface area contributed by atoms with Gasteiger partial charge in [-0.15, -0.1) is 0 Å². The molecule has 1 heterocycles. The fourth-order valence-electron chi connectivity index (χ4n) is 4.31. The van der Waals surface area contributed by atoms with E-state index in [1.807, 2.05) is 17.0 Å². The van der Waals surface area contributed by atoms with Gasteiger partial charge in [-0.3, -0.25) is 4.79 Å². The van der Waals surface area contributed by atoms with Crippen molar-refractivity contribution in [3.63, 3.8) is 0 Å². The number of benzene rings is 3. The maximum atomic E-state index is 13.0. The molecule has 0 bridgehead atoms. The first-order valence-electron chi connectivity index (χ1n) is 10.8. The number of likely N-dealkylation sites (N-methyl/N-ethyl adjacent to an activating group) is 1. The lowest BCUT2D eigenvalue weighted by Gasteiger charge is -2.20. The van der Waals surface area contributed by atoms with Gasteiger partial charge in [0.1, 0.15) is 0 Å². The van der Waals surface area contributed by atoms with Crippen molar-refractivity contribution in [2.45, 2.75) is 25.3 Å². The van der Waals surface area contributed by atoms with Crippen LogP contribution in [0.4, 0.5) is 0 Å². The standard InChI is InChI=1S/C27H30N2O/c1-28(2)25-17-18-29(20-25)27(30)24-13-8-9-21(19-24)15-16-23-12-6-7-14-26(23)22-10-4-3-5-11-22/h3-14,19,25H,15-18,20H2,1-2H3. The van der Waals surface area contributed by atoms with Gasteiger partial charge in [0.05, 0.1) is 0 Å². The molecule has 3 nitrogen and oxygen atoms in total. The molecule has 4 rings (SSSR count). The number of hydrogen-bond acceptors (Lipinski definition) is 2. The van der Waals surface area contributed by atoms with E-state index in [9.17, 15) is 4.79 Å². The fourth-order valence-corrected chi connectivity index (χ4v) is 4.31. The number of nitrogens with zero attached hydrogens (tertiary/aromatic N) is 2. The highest BCUT2D eigenvalue weighted by molar-refractivity contribution is 5.94. The summed E-state index contributed by atoms with van der Waals surface area (Å²) in [5, 5.41) is 0. The molecule has 1 saturated heterocycles. The third-order valence-corrected chi connectivity index (χ3v) is 6.14. The summed E-state index contributed by atoms with van der Waals surface area (Å²) in [6.45, 7) is 1.66. The smallest absolute Gasteiger partial charge is 0.253 e. The van der Waals surface area contributed by atoms with Crippen LogP contribution in [0.2, 0.25) is 0 Å². The van der Waals surface area contributed by atoms with Gasteiger partial charge in [-0.25, -0.2) is 0 Å². The maximum absolute atomic E-state index is 13.0. The summed E-state index contributed by atoms with van der Waals surface area (Å²) in [5.74, 6) is 0.158. The van der Waals surface area contributed by atoms with E-state index in [1.165, 1.54) is 22.3 Å². The molecule has 1 aliphatic rings. The lowest BCUT2D eigenvalue weighted by molar-refractivity contribution is 0.0783. The largest absolute Gasteiger partial charge is 0.337 e. The Labute approximate surface area is 180 Å². The molecular weight excluding hydrogens is 368 g/mol. The fraction of sp³-hybridized carbons (Fsp3) is 0.296. The van der Waals surface area contributed by atoms with E-state index in [-0.39, 0.29) is 5.91 Å². The molecular formula is C27H30N2O. The predicted molar refractivity (Wildman–Crippen MR) is 124 cm³/mol. The first-order valence-corrected chi connectivity index (χ1v) is 10.8. The summed E-state index contributed by atoms with van der Waals surface area (Å²) in [6, 6.07) is 27.8. The molecule has 0 N–H and O–H groups in total. The number of hydrogen-bond donors (Lipinski definition) is 0. The van der Waals surface area contributed by atoms with E-state index >= 15 is 0 Å². The van der Waals surface area contributed by atoms with Crippen molar-refractivity contribution in [1.29, 1.82) is 0 Å². The maximum Gasteiger partial charge on any atom is 0.253 e. The van der Waals surface area contributed by atoms with Crippen molar-refractivity contribution in [3.05, 3.63) is 95.6 Å². The van der Waals surface area contributed by atoms with Crippen molar-refractivity contribution >= 4 is 5.91 Å². The second-order valence-electron chi connectivity index (χ2n) is 8.38. The topological polar surface area (TPSA) is 23.6 Å². The molecule has 154 valence electrons. The molecule has 1 fully saturated rings. The molecule has 3 aromatic carbocycles. The van der Waals surface area contributed by atoms with Gasteiger partial charge in [-0.05, 0) is 67.7 Å². The van der Waals surface area contributed by atoms with Gasteiger partial charge in [-0.2, -0.15) is 0 Å². The second kappa shape index (κ2) is 9.27. The molecule has 1 atom stereocenters. The zero-order valence-electron chi connectivity index (χ0n) is 17.9. The summed E-state index contributed by atoms with van der Waals surface area (Å²) >= 11 is 0. The van der Waals surface area contributed by atoms with E-state index in [2.05, 4.69) is 85.7 Å². The van der Waals surface area contributed by atoms with E-state index in [0.717, 1.165) is 37.9 Å². The summed E-state index contributed by atoms with van der Waals surface area (Å²) in [7, 11) is 4.18. The molecule has 0 saturated carbocycles. The van der Waals surface area contributed by atoms with Crippen molar-refractivity contribution < 1.29 is 4.79 Å². The molecule has 1 aliphatic heterocycles. The summed E-state index contributed by atoms with van der Waals surface area (Å²) in [6.07, 6.45) is 2.93. The average Bonchev–Trinajstić information content (AvgIpc) is 3.29. The van der Waals surface area contributed by atoms with E-state index in [0.29, 0.717) is 6.04 Å². The Morgan fingerprint density at radius 1 is 0.933 bits per heavy atom. The van der Waals surface area contributed by atoms with Gasteiger partial charge >= 0.3 is 0 Å². The monoisotopic (exact) mass is 398 g/mol. The Morgan fingerprint density at radius 3 is 2.47 bits per heavy atom. The van der Waals surface area contributed by atoms with Crippen LogP contribution >= 0.6 is 0 Å². The first kappa shape index (κ1) is 20.4. The van der Waals surface area contributed by atoms with E-state index in [4.69, 9.17) is 0 Å². The number of rotatable bonds is 6. The minimum Gasteiger partial charge on any atom is -0.337 e. The molecule has 0 radical (unpaired) electrons. The van der Waals surface area contributed by atoms with Gasteiger partial charge in [0.25, 0.3) is 5.91 Å². The molecule has 0 aliphatic carbocycles. The normalized spacial score (nSPS) is 16.2. The SMILES string of the molecule is CN(C)C1CCN(C(=O)c2cccc(CCc3ccccc3-c3ccccc3)c2)C1. The summed E-state index contributed by atoms with van der Waals surface area (Å²) in [5.41, 5.74) is 5.91. The van der Waals surface area contributed by atoms with Crippen LogP contribution in [0.3, 0.4) is 0 Å². The molecule has 30 heavy (non-hydrogen) atoms. The Hall–Kier alpha value is -2.91. The van der Waals surface area contributed by atoms with Gasteiger partial charge in [0.2, 0.25) is 0 Å². The first-order chi connectivity index (χ1) is 14.6. The van der Waals surface area contributed by atoms with Gasteiger partial charge in [0.15, 0.2) is 0 Å². The van der Waals surface area contributed by atoms with Crippen LogP contribution in [0.15, 0.2) is 78.9 Å². The summed E-state index contributed by atoms with van der Waals surface area (Å²) < 4.78 is 0. The Bertz CT molecular complexity index is 997. The third kappa shape index (κ3) is 4.63. The third-order valence-electron chi connectivity index (χ3n) is 6.14. The highest BCUT2D eigenvalue weighted by atomic mass is 16.2. The summed E-state index contributed by atoms with van der Waals surface area (Å²) in [4.78, 5) is 17.2. The van der Waals surface area contributed by atoms with Gasteiger partial charge < -0.3 is 9.80 Å². The number of amides is 1.